The highest BCUT2D eigenvalue weighted by Gasteiger charge is 2.13. The van der Waals surface area contributed by atoms with E-state index in [1.165, 1.54) is 30.9 Å². The van der Waals surface area contributed by atoms with Gasteiger partial charge in [0.25, 0.3) is 0 Å². The van der Waals surface area contributed by atoms with Gasteiger partial charge in [0.1, 0.15) is 34.8 Å². The molecule has 0 aliphatic rings. The van der Waals surface area contributed by atoms with Gasteiger partial charge >= 0.3 is 0 Å². The Morgan fingerprint density at radius 3 is 2.11 bits per heavy atom. The Morgan fingerprint density at radius 1 is 0.711 bits per heavy atom. The number of hydrogen-bond acceptors (Lipinski definition) is 2. The smallest absolute Gasteiger partial charge is 0.144 e. The fourth-order valence-corrected chi connectivity index (χ4v) is 4.65. The van der Waals surface area contributed by atoms with Crippen molar-refractivity contribution in [3.8, 4) is 11.8 Å². The molecule has 0 bridgehead atoms. The second-order valence-corrected chi connectivity index (χ2v) is 9.69. The fourth-order valence-electron chi connectivity index (χ4n) is 4.65. The summed E-state index contributed by atoms with van der Waals surface area (Å²) >= 11 is 0. The number of unbranched alkanes of at least 4 members (excludes halogenated alkanes) is 3. The molecule has 0 aliphatic carbocycles. The fraction of sp³-hybridized carbons (Fsp3) is 0.303. The molecule has 0 aliphatic heterocycles. The maximum absolute atomic E-state index is 15.2. The Labute approximate surface area is 222 Å². The number of nitriles is 1. The Bertz CT molecular complexity index is 1400. The number of aryl methyl sites for hydroxylation is 4. The predicted octanol–water partition coefficient (Wildman–Crippen LogP) is 8.66. The first-order valence-electron chi connectivity index (χ1n) is 13.3. The zero-order valence-electron chi connectivity index (χ0n) is 21.7. The molecule has 0 N–H and O–H groups in total. The summed E-state index contributed by atoms with van der Waals surface area (Å²) in [4.78, 5) is 0. The van der Waals surface area contributed by atoms with Gasteiger partial charge in [-0.3, -0.25) is 0 Å². The van der Waals surface area contributed by atoms with E-state index in [-0.39, 0.29) is 12.2 Å². The molecule has 38 heavy (non-hydrogen) atoms. The summed E-state index contributed by atoms with van der Waals surface area (Å²) in [5.74, 6) is -1.20. The van der Waals surface area contributed by atoms with Crippen LogP contribution in [0.3, 0.4) is 0 Å². The molecule has 0 atom stereocenters. The lowest BCUT2D eigenvalue weighted by Gasteiger charge is -2.10. The van der Waals surface area contributed by atoms with Gasteiger partial charge in [-0.15, -0.1) is 0 Å². The van der Waals surface area contributed by atoms with Crippen molar-refractivity contribution >= 4 is 10.8 Å². The summed E-state index contributed by atoms with van der Waals surface area (Å²) in [7, 11) is 0. The van der Waals surface area contributed by atoms with Crippen LogP contribution in [0.1, 0.15) is 60.4 Å². The van der Waals surface area contributed by atoms with Gasteiger partial charge in [-0.25, -0.2) is 13.2 Å². The summed E-state index contributed by atoms with van der Waals surface area (Å²) in [6, 6.07) is 21.4. The number of ether oxygens (including phenoxy) is 1. The quantitative estimate of drug-likeness (QED) is 0.177. The second-order valence-electron chi connectivity index (χ2n) is 9.69. The van der Waals surface area contributed by atoms with Crippen molar-refractivity contribution in [1.82, 2.24) is 0 Å². The van der Waals surface area contributed by atoms with Gasteiger partial charge in [0.2, 0.25) is 0 Å². The third kappa shape index (κ3) is 6.95. The highest BCUT2D eigenvalue weighted by molar-refractivity contribution is 5.84. The molecule has 2 nitrogen and oxygen atoms in total. The third-order valence-electron chi connectivity index (χ3n) is 6.89. The van der Waals surface area contributed by atoms with E-state index in [9.17, 15) is 8.78 Å². The van der Waals surface area contributed by atoms with Gasteiger partial charge in [-0.1, -0.05) is 68.7 Å². The first-order chi connectivity index (χ1) is 18.5. The Morgan fingerprint density at radius 2 is 1.39 bits per heavy atom. The van der Waals surface area contributed by atoms with Crippen molar-refractivity contribution in [2.24, 2.45) is 0 Å². The average molecular weight is 516 g/mol. The molecule has 4 aromatic rings. The summed E-state index contributed by atoms with van der Waals surface area (Å²) in [6.07, 6.45) is 7.02. The van der Waals surface area contributed by atoms with E-state index in [1.54, 1.807) is 12.1 Å². The summed E-state index contributed by atoms with van der Waals surface area (Å²) in [5, 5.41) is 10.2. The van der Waals surface area contributed by atoms with E-state index in [4.69, 9.17) is 10.00 Å². The zero-order valence-corrected chi connectivity index (χ0v) is 21.7. The molecule has 0 fully saturated rings. The molecule has 0 saturated heterocycles. The number of benzene rings is 4. The molecule has 4 rings (SSSR count). The molecule has 0 heterocycles. The lowest BCUT2D eigenvalue weighted by Crippen LogP contribution is -1.99. The van der Waals surface area contributed by atoms with Crippen molar-refractivity contribution in [2.75, 3.05) is 6.61 Å². The van der Waals surface area contributed by atoms with E-state index < -0.39 is 17.2 Å². The molecule has 0 amide bonds. The van der Waals surface area contributed by atoms with Crippen LogP contribution in [0.5, 0.6) is 5.75 Å². The maximum Gasteiger partial charge on any atom is 0.144 e. The molecule has 0 radical (unpaired) electrons. The molecular weight excluding hydrogens is 483 g/mol. The monoisotopic (exact) mass is 515 g/mol. The van der Waals surface area contributed by atoms with Crippen LogP contribution in [0.2, 0.25) is 0 Å². The van der Waals surface area contributed by atoms with Crippen molar-refractivity contribution in [3.05, 3.63) is 112 Å². The molecule has 0 spiro atoms. The highest BCUT2D eigenvalue weighted by Crippen LogP contribution is 2.25. The number of nitrogens with zero attached hydrogens (tertiary/aromatic N) is 1. The van der Waals surface area contributed by atoms with Gasteiger partial charge < -0.3 is 4.74 Å². The van der Waals surface area contributed by atoms with E-state index >= 15 is 4.39 Å². The van der Waals surface area contributed by atoms with Crippen molar-refractivity contribution < 1.29 is 17.9 Å². The lowest BCUT2D eigenvalue weighted by atomic mass is 9.97. The van der Waals surface area contributed by atoms with Gasteiger partial charge in [-0.2, -0.15) is 5.26 Å². The maximum atomic E-state index is 15.2. The van der Waals surface area contributed by atoms with E-state index in [2.05, 4.69) is 19.1 Å². The third-order valence-corrected chi connectivity index (χ3v) is 6.89. The molecule has 5 heteroatoms. The molecule has 4 aromatic carbocycles. The van der Waals surface area contributed by atoms with E-state index in [0.717, 1.165) is 54.7 Å². The van der Waals surface area contributed by atoms with Gasteiger partial charge in [-0.05, 0) is 84.0 Å². The summed E-state index contributed by atoms with van der Waals surface area (Å²) in [6.45, 7) is 2.95. The molecule has 0 saturated carbocycles. The van der Waals surface area contributed by atoms with E-state index in [0.29, 0.717) is 22.9 Å². The minimum atomic E-state index is -0.893. The van der Waals surface area contributed by atoms with Crippen LogP contribution in [0.25, 0.3) is 10.8 Å². The van der Waals surface area contributed by atoms with Crippen LogP contribution in [-0.4, -0.2) is 6.61 Å². The number of halogens is 3. The summed E-state index contributed by atoms with van der Waals surface area (Å²) < 4.78 is 48.8. The first kappa shape index (κ1) is 27.3. The minimum Gasteiger partial charge on any atom is -0.494 e. The molecule has 196 valence electrons. The molecule has 0 aromatic heterocycles. The highest BCUT2D eigenvalue weighted by atomic mass is 19.1. The van der Waals surface area contributed by atoms with Crippen LogP contribution >= 0.6 is 0 Å². The van der Waals surface area contributed by atoms with E-state index in [1.807, 2.05) is 30.3 Å². The van der Waals surface area contributed by atoms with Crippen LogP contribution in [0.4, 0.5) is 13.2 Å². The topological polar surface area (TPSA) is 33.0 Å². The SMILES string of the molecule is CCCCCCOc1ccc(CCc2ccc3c(F)c(CCc4cc(F)c(C#N)c(F)c4)ccc3c2)cc1. The second kappa shape index (κ2) is 13.1. The largest absolute Gasteiger partial charge is 0.494 e. The van der Waals surface area contributed by atoms with Crippen LogP contribution in [0, 0.1) is 28.8 Å². The van der Waals surface area contributed by atoms with Crippen molar-refractivity contribution in [1.29, 1.82) is 5.26 Å². The molecular formula is C33H32F3NO. The van der Waals surface area contributed by atoms with Gasteiger partial charge in [0, 0.05) is 5.39 Å². The van der Waals surface area contributed by atoms with Gasteiger partial charge in [0.05, 0.1) is 6.61 Å². The summed E-state index contributed by atoms with van der Waals surface area (Å²) in [5.41, 5.74) is 2.63. The molecule has 0 unspecified atom stereocenters. The Hall–Kier alpha value is -3.78. The van der Waals surface area contributed by atoms with Crippen LogP contribution in [0.15, 0.2) is 66.7 Å². The Kier molecular flexibility index (Phi) is 9.43. The van der Waals surface area contributed by atoms with Crippen LogP contribution in [-0.2, 0) is 25.7 Å². The normalized spacial score (nSPS) is 11.0. The average Bonchev–Trinajstić information content (AvgIpc) is 2.92. The predicted molar refractivity (Wildman–Crippen MR) is 146 cm³/mol. The first-order valence-corrected chi connectivity index (χ1v) is 13.3. The number of hydrogen-bond donors (Lipinski definition) is 0. The van der Waals surface area contributed by atoms with Gasteiger partial charge in [0.15, 0.2) is 0 Å². The van der Waals surface area contributed by atoms with Crippen molar-refractivity contribution in [2.45, 2.75) is 58.3 Å². The Balaban J connectivity index is 1.35. The van der Waals surface area contributed by atoms with Crippen molar-refractivity contribution in [3.63, 3.8) is 0 Å². The number of fused-ring (bicyclic) bond motifs is 1. The zero-order chi connectivity index (χ0) is 26.9. The minimum absolute atomic E-state index is 0.267. The number of rotatable bonds is 12. The standard InChI is InChI=1S/C33H32F3NO/c1-2-3-4-5-18-38-28-15-9-23(10-16-28)6-7-24-11-17-29-27(19-24)14-13-26(33(29)36)12-8-25-20-31(34)30(22-37)32(35)21-25/h9-11,13-17,19-21H,2-8,12,18H2,1H3. The lowest BCUT2D eigenvalue weighted by molar-refractivity contribution is 0.305. The van der Waals surface area contributed by atoms with Crippen LogP contribution < -0.4 is 4.74 Å².